The summed E-state index contributed by atoms with van der Waals surface area (Å²) in [6, 6.07) is 3.70. The van der Waals surface area contributed by atoms with Gasteiger partial charge in [-0.05, 0) is 53.0 Å². The van der Waals surface area contributed by atoms with Crippen LogP contribution < -0.4 is 16.2 Å². The second-order valence-corrected chi connectivity index (χ2v) is 8.78. The Balaban J connectivity index is 2.21. The predicted octanol–water partition coefficient (Wildman–Crippen LogP) is 3.25. The van der Waals surface area contributed by atoms with E-state index in [0.29, 0.717) is 15.7 Å². The number of hydrogen-bond acceptors (Lipinski definition) is 5. The summed E-state index contributed by atoms with van der Waals surface area (Å²) in [5.74, 6) is 0.573. The molecule has 0 bridgehead atoms. The zero-order chi connectivity index (χ0) is 17.4. The SMILES string of the molecule is Cn1ncc2c(P(C)C)c(Nc3nc(Cl)ncc3Br)ccc2c1=O. The highest BCUT2D eigenvalue weighted by atomic mass is 79.9. The van der Waals surface area contributed by atoms with Gasteiger partial charge in [0.2, 0.25) is 5.28 Å². The van der Waals surface area contributed by atoms with Gasteiger partial charge in [0.05, 0.1) is 16.1 Å². The van der Waals surface area contributed by atoms with Gasteiger partial charge in [0, 0.05) is 29.6 Å². The Hall–Kier alpha value is -1.56. The molecule has 3 aromatic rings. The monoisotopic (exact) mass is 425 g/mol. The van der Waals surface area contributed by atoms with Gasteiger partial charge in [-0.15, -0.1) is 0 Å². The Labute approximate surface area is 153 Å². The molecule has 0 amide bonds. The first-order chi connectivity index (χ1) is 11.4. The number of aromatic nitrogens is 4. The number of halogens is 2. The Morgan fingerprint density at radius 3 is 2.71 bits per heavy atom. The van der Waals surface area contributed by atoms with Gasteiger partial charge < -0.3 is 5.32 Å². The van der Waals surface area contributed by atoms with Crippen molar-refractivity contribution in [2.75, 3.05) is 18.6 Å². The second-order valence-electron chi connectivity index (χ2n) is 5.35. The fourth-order valence-corrected chi connectivity index (χ4v) is 4.14. The van der Waals surface area contributed by atoms with Gasteiger partial charge in [0.25, 0.3) is 5.56 Å². The molecule has 0 aliphatic rings. The summed E-state index contributed by atoms with van der Waals surface area (Å²) < 4.78 is 2.05. The van der Waals surface area contributed by atoms with Crippen molar-refractivity contribution in [2.24, 2.45) is 7.05 Å². The molecule has 124 valence electrons. The summed E-state index contributed by atoms with van der Waals surface area (Å²) in [5, 5.41) is 10.2. The largest absolute Gasteiger partial charge is 0.339 e. The molecule has 2 aromatic heterocycles. The van der Waals surface area contributed by atoms with Crippen molar-refractivity contribution in [3.63, 3.8) is 0 Å². The third kappa shape index (κ3) is 3.16. The molecule has 0 unspecified atom stereocenters. The van der Waals surface area contributed by atoms with Crippen LogP contribution in [-0.2, 0) is 7.05 Å². The van der Waals surface area contributed by atoms with Crippen molar-refractivity contribution >= 4 is 63.0 Å². The summed E-state index contributed by atoms with van der Waals surface area (Å²) in [5.41, 5.74) is 0.771. The maximum absolute atomic E-state index is 12.3. The highest BCUT2D eigenvalue weighted by Crippen LogP contribution is 2.34. The number of hydrogen-bond donors (Lipinski definition) is 1. The van der Waals surface area contributed by atoms with Gasteiger partial charge in [-0.1, -0.05) is 7.92 Å². The molecular weight excluding hydrogens is 413 g/mol. The standard InChI is InChI=1S/C15H14BrClN5OP/c1-22-14(23)8-4-5-11(12(24(2)3)9(8)6-19-22)20-13-10(16)7-18-15(17)21-13/h4-7H,1-3H3,(H,18,20,21). The van der Waals surface area contributed by atoms with E-state index in [-0.39, 0.29) is 10.8 Å². The van der Waals surface area contributed by atoms with E-state index in [2.05, 4.69) is 49.6 Å². The van der Waals surface area contributed by atoms with Crippen LogP contribution in [0.2, 0.25) is 5.28 Å². The lowest BCUT2D eigenvalue weighted by molar-refractivity contribution is 0.718. The number of anilines is 2. The van der Waals surface area contributed by atoms with E-state index >= 15 is 0 Å². The molecule has 3 rings (SSSR count). The minimum absolute atomic E-state index is 0.108. The van der Waals surface area contributed by atoms with E-state index in [1.807, 2.05) is 6.07 Å². The molecule has 1 N–H and O–H groups in total. The number of nitrogens with one attached hydrogen (secondary N) is 1. The Morgan fingerprint density at radius 1 is 1.25 bits per heavy atom. The van der Waals surface area contributed by atoms with Crippen molar-refractivity contribution < 1.29 is 0 Å². The molecule has 0 spiro atoms. The number of nitrogens with zero attached hydrogens (tertiary/aromatic N) is 4. The molecule has 0 atom stereocenters. The van der Waals surface area contributed by atoms with Crippen LogP contribution in [0.25, 0.3) is 10.8 Å². The molecule has 1 aromatic carbocycles. The van der Waals surface area contributed by atoms with Crippen molar-refractivity contribution in [2.45, 2.75) is 0 Å². The van der Waals surface area contributed by atoms with Crippen LogP contribution in [0.5, 0.6) is 0 Å². The zero-order valence-corrected chi connectivity index (χ0v) is 16.4. The number of benzene rings is 1. The van der Waals surface area contributed by atoms with Crippen LogP contribution in [0, 0.1) is 0 Å². The van der Waals surface area contributed by atoms with Gasteiger partial charge in [0.15, 0.2) is 0 Å². The fourth-order valence-electron chi connectivity index (χ4n) is 2.44. The molecule has 0 radical (unpaired) electrons. The third-order valence-corrected chi connectivity index (χ3v) is 5.66. The summed E-state index contributed by atoms with van der Waals surface area (Å²) >= 11 is 9.30. The maximum Gasteiger partial charge on any atom is 0.274 e. The van der Waals surface area contributed by atoms with E-state index < -0.39 is 7.92 Å². The van der Waals surface area contributed by atoms with Crippen molar-refractivity contribution in [1.82, 2.24) is 19.7 Å². The van der Waals surface area contributed by atoms with Crippen LogP contribution in [-0.4, -0.2) is 33.1 Å². The van der Waals surface area contributed by atoms with Crippen molar-refractivity contribution in [3.8, 4) is 0 Å². The Bertz CT molecular complexity index is 991. The van der Waals surface area contributed by atoms with Gasteiger partial charge >= 0.3 is 0 Å². The smallest absolute Gasteiger partial charge is 0.274 e. The molecular formula is C15H14BrClN5OP. The van der Waals surface area contributed by atoms with E-state index in [0.717, 1.165) is 16.4 Å². The molecule has 0 saturated carbocycles. The molecule has 0 aliphatic carbocycles. The average Bonchev–Trinajstić information content (AvgIpc) is 2.54. The minimum Gasteiger partial charge on any atom is -0.339 e. The van der Waals surface area contributed by atoms with Crippen LogP contribution in [0.15, 0.2) is 33.8 Å². The summed E-state index contributed by atoms with van der Waals surface area (Å²) in [6.07, 6.45) is 3.33. The number of rotatable bonds is 3. The van der Waals surface area contributed by atoms with Gasteiger partial charge in [-0.25, -0.2) is 9.67 Å². The third-order valence-electron chi connectivity index (χ3n) is 3.52. The lowest BCUT2D eigenvalue weighted by atomic mass is 10.1. The molecule has 6 nitrogen and oxygen atoms in total. The van der Waals surface area contributed by atoms with Crippen LogP contribution in [0.1, 0.15) is 0 Å². The molecule has 9 heteroatoms. The fraction of sp³-hybridized carbons (Fsp3) is 0.200. The summed E-state index contributed by atoms with van der Waals surface area (Å²) in [6.45, 7) is 4.27. The average molecular weight is 427 g/mol. The van der Waals surface area contributed by atoms with Crippen LogP contribution >= 0.6 is 35.5 Å². The molecule has 0 saturated heterocycles. The molecule has 0 fully saturated rings. The zero-order valence-electron chi connectivity index (χ0n) is 13.2. The second kappa shape index (κ2) is 6.75. The topological polar surface area (TPSA) is 72.7 Å². The lowest BCUT2D eigenvalue weighted by Crippen LogP contribution is -2.22. The van der Waals surface area contributed by atoms with Crippen molar-refractivity contribution in [3.05, 3.63) is 44.6 Å². The van der Waals surface area contributed by atoms with E-state index in [1.54, 1.807) is 25.5 Å². The predicted molar refractivity (Wildman–Crippen MR) is 103 cm³/mol. The van der Waals surface area contributed by atoms with E-state index in [4.69, 9.17) is 11.6 Å². The number of aryl methyl sites for hydroxylation is 1. The van der Waals surface area contributed by atoms with Gasteiger partial charge in [-0.2, -0.15) is 10.1 Å². The molecule has 0 aliphatic heterocycles. The molecule has 2 heterocycles. The van der Waals surface area contributed by atoms with Crippen molar-refractivity contribution in [1.29, 1.82) is 0 Å². The van der Waals surface area contributed by atoms with Gasteiger partial charge in [0.1, 0.15) is 5.82 Å². The minimum atomic E-state index is -0.494. The highest BCUT2D eigenvalue weighted by molar-refractivity contribution is 9.10. The Kier molecular flexibility index (Phi) is 4.85. The lowest BCUT2D eigenvalue weighted by Gasteiger charge is -2.17. The first-order valence-corrected chi connectivity index (χ1v) is 10.4. The van der Waals surface area contributed by atoms with Crippen LogP contribution in [0.3, 0.4) is 0 Å². The summed E-state index contributed by atoms with van der Waals surface area (Å²) in [4.78, 5) is 20.4. The highest BCUT2D eigenvalue weighted by Gasteiger charge is 2.15. The molecule has 24 heavy (non-hydrogen) atoms. The first kappa shape index (κ1) is 17.3. The quantitative estimate of drug-likeness (QED) is 0.514. The normalized spacial score (nSPS) is 11.2. The van der Waals surface area contributed by atoms with E-state index in [1.165, 1.54) is 4.68 Å². The van der Waals surface area contributed by atoms with Gasteiger partial charge in [-0.3, -0.25) is 4.79 Å². The Morgan fingerprint density at radius 2 is 2.00 bits per heavy atom. The van der Waals surface area contributed by atoms with Crippen LogP contribution in [0.4, 0.5) is 11.5 Å². The summed E-state index contributed by atoms with van der Waals surface area (Å²) in [7, 11) is 1.15. The first-order valence-electron chi connectivity index (χ1n) is 7.00. The maximum atomic E-state index is 12.3. The number of fused-ring (bicyclic) bond motifs is 1. The van der Waals surface area contributed by atoms with E-state index in [9.17, 15) is 4.79 Å².